The Labute approximate surface area is 222 Å². The summed E-state index contributed by atoms with van der Waals surface area (Å²) >= 11 is 0. The Morgan fingerprint density at radius 2 is 1.49 bits per heavy atom. The molecular formula is C34H38N2O. The first kappa shape index (κ1) is 25.2. The van der Waals surface area contributed by atoms with Crippen molar-refractivity contribution in [2.24, 2.45) is 0 Å². The van der Waals surface area contributed by atoms with Crippen LogP contribution in [0.15, 0.2) is 109 Å². The third-order valence-corrected chi connectivity index (χ3v) is 8.28. The van der Waals surface area contributed by atoms with E-state index in [2.05, 4.69) is 114 Å². The molecule has 1 fully saturated rings. The van der Waals surface area contributed by atoms with E-state index in [1.54, 1.807) is 7.11 Å². The van der Waals surface area contributed by atoms with E-state index < -0.39 is 0 Å². The highest BCUT2D eigenvalue weighted by Gasteiger charge is 2.52. The Bertz CT molecular complexity index is 1190. The summed E-state index contributed by atoms with van der Waals surface area (Å²) in [6, 6.07) is 38.0. The first-order chi connectivity index (χ1) is 18.3. The molecule has 1 aromatic heterocycles. The molecule has 0 N–H and O–H groups in total. The maximum atomic E-state index is 5.51. The molecule has 1 aliphatic rings. The lowest BCUT2D eigenvalue weighted by Crippen LogP contribution is -2.59. The van der Waals surface area contributed by atoms with E-state index >= 15 is 0 Å². The van der Waals surface area contributed by atoms with E-state index in [0.29, 0.717) is 12.0 Å². The van der Waals surface area contributed by atoms with Gasteiger partial charge in [-0.3, -0.25) is 9.88 Å². The van der Waals surface area contributed by atoms with Crippen LogP contribution < -0.4 is 4.74 Å². The number of rotatable bonds is 9. The van der Waals surface area contributed by atoms with Gasteiger partial charge in [-0.1, -0.05) is 85.8 Å². The first-order valence-corrected chi connectivity index (χ1v) is 13.7. The van der Waals surface area contributed by atoms with Gasteiger partial charge in [0.1, 0.15) is 5.75 Å². The molecule has 3 aromatic carbocycles. The third-order valence-electron chi connectivity index (χ3n) is 8.28. The Balaban J connectivity index is 1.65. The van der Waals surface area contributed by atoms with Gasteiger partial charge in [-0.15, -0.1) is 0 Å². The minimum absolute atomic E-state index is 0.171. The molecule has 1 saturated heterocycles. The topological polar surface area (TPSA) is 25.4 Å². The number of nitrogens with zero attached hydrogens (tertiary/aromatic N) is 2. The summed E-state index contributed by atoms with van der Waals surface area (Å²) in [4.78, 5) is 7.34. The fourth-order valence-electron chi connectivity index (χ4n) is 6.66. The van der Waals surface area contributed by atoms with Gasteiger partial charge >= 0.3 is 0 Å². The molecule has 37 heavy (non-hydrogen) atoms. The second-order valence-electron chi connectivity index (χ2n) is 10.1. The maximum absolute atomic E-state index is 5.51. The van der Waals surface area contributed by atoms with Gasteiger partial charge in [-0.05, 0) is 79.7 Å². The van der Waals surface area contributed by atoms with E-state index in [0.717, 1.165) is 44.5 Å². The number of aryl methyl sites for hydroxylation is 1. The van der Waals surface area contributed by atoms with Crippen molar-refractivity contribution in [3.05, 3.63) is 132 Å². The lowest BCUT2D eigenvalue weighted by atomic mass is 9.55. The fourth-order valence-corrected chi connectivity index (χ4v) is 6.66. The Morgan fingerprint density at radius 3 is 2.05 bits per heavy atom. The average Bonchev–Trinajstić information content (AvgIpc) is 2.98. The molecule has 0 bridgehead atoms. The van der Waals surface area contributed by atoms with Crippen molar-refractivity contribution < 1.29 is 4.74 Å². The smallest absolute Gasteiger partial charge is 0.118 e. The number of hydrogen-bond acceptors (Lipinski definition) is 3. The quantitative estimate of drug-likeness (QED) is 0.247. The summed E-state index contributed by atoms with van der Waals surface area (Å²) in [6.45, 7) is 4.47. The SMILES string of the molecule is CCN1CCC(c2ccc(OC)cc2)C(c2ccccc2)(c2ccccc2)C1CCCc1ccccn1. The number of likely N-dealkylation sites (tertiary alicyclic amines) is 1. The molecule has 2 atom stereocenters. The van der Waals surface area contributed by atoms with Crippen LogP contribution in [-0.4, -0.2) is 36.1 Å². The highest BCUT2D eigenvalue weighted by Crippen LogP contribution is 2.54. The van der Waals surface area contributed by atoms with Gasteiger partial charge in [0.25, 0.3) is 0 Å². The minimum atomic E-state index is -0.171. The molecule has 0 radical (unpaired) electrons. The summed E-state index contributed by atoms with van der Waals surface area (Å²) in [6.07, 6.45) is 6.24. The van der Waals surface area contributed by atoms with Crippen LogP contribution in [0.25, 0.3) is 0 Å². The van der Waals surface area contributed by atoms with Crippen LogP contribution >= 0.6 is 0 Å². The van der Waals surface area contributed by atoms with E-state index in [4.69, 9.17) is 4.74 Å². The van der Waals surface area contributed by atoms with Gasteiger partial charge in [0, 0.05) is 29.3 Å². The molecule has 190 valence electrons. The molecule has 1 aliphatic heterocycles. The van der Waals surface area contributed by atoms with Gasteiger partial charge in [0.15, 0.2) is 0 Å². The zero-order chi connectivity index (χ0) is 25.5. The second kappa shape index (κ2) is 11.7. The number of likely N-dealkylation sites (N-methyl/N-ethyl adjacent to an activating group) is 1. The van der Waals surface area contributed by atoms with Crippen molar-refractivity contribution in [2.45, 2.75) is 50.0 Å². The molecule has 0 saturated carbocycles. The number of piperidine rings is 1. The minimum Gasteiger partial charge on any atom is -0.497 e. The highest BCUT2D eigenvalue weighted by atomic mass is 16.5. The van der Waals surface area contributed by atoms with Gasteiger partial charge < -0.3 is 4.74 Å². The number of ether oxygens (including phenoxy) is 1. The van der Waals surface area contributed by atoms with Gasteiger partial charge in [-0.2, -0.15) is 0 Å². The Morgan fingerprint density at radius 1 is 0.838 bits per heavy atom. The standard InChI is InChI=1S/C34H38N2O/c1-3-36-26-24-32(27-20-22-31(37-2)23-21-27)34(28-13-6-4-7-14-28,29-15-8-5-9-16-29)33(36)19-12-18-30-17-10-11-25-35-30/h4-11,13-17,20-23,25,32-33H,3,12,18-19,24,26H2,1-2H3. The first-order valence-electron chi connectivity index (χ1n) is 13.7. The van der Waals surface area contributed by atoms with Crippen LogP contribution in [0.2, 0.25) is 0 Å². The summed E-state index contributed by atoms with van der Waals surface area (Å²) in [5.41, 5.74) is 5.21. The van der Waals surface area contributed by atoms with Crippen LogP contribution in [0, 0.1) is 0 Å². The third kappa shape index (κ3) is 5.06. The summed E-state index contributed by atoms with van der Waals surface area (Å²) in [7, 11) is 1.74. The van der Waals surface area contributed by atoms with Crippen LogP contribution in [0.3, 0.4) is 0 Å². The van der Waals surface area contributed by atoms with E-state index in [1.807, 2.05) is 12.3 Å². The fraction of sp³-hybridized carbons (Fsp3) is 0.324. The number of aromatic nitrogens is 1. The average molecular weight is 491 g/mol. The molecule has 0 spiro atoms. The van der Waals surface area contributed by atoms with E-state index in [1.165, 1.54) is 22.4 Å². The predicted molar refractivity (Wildman–Crippen MR) is 152 cm³/mol. The molecule has 3 nitrogen and oxygen atoms in total. The lowest BCUT2D eigenvalue weighted by molar-refractivity contribution is 0.0660. The zero-order valence-corrected chi connectivity index (χ0v) is 22.1. The van der Waals surface area contributed by atoms with Gasteiger partial charge in [0.2, 0.25) is 0 Å². The zero-order valence-electron chi connectivity index (χ0n) is 22.1. The summed E-state index contributed by atoms with van der Waals surface area (Å²) in [5.74, 6) is 1.26. The Kier molecular flexibility index (Phi) is 8.01. The normalized spacial score (nSPS) is 19.4. The van der Waals surface area contributed by atoms with Crippen molar-refractivity contribution in [3.63, 3.8) is 0 Å². The van der Waals surface area contributed by atoms with E-state index in [9.17, 15) is 0 Å². The van der Waals surface area contributed by atoms with Crippen molar-refractivity contribution in [1.82, 2.24) is 9.88 Å². The van der Waals surface area contributed by atoms with Gasteiger partial charge in [-0.25, -0.2) is 0 Å². The molecule has 3 heteroatoms. The molecule has 0 aliphatic carbocycles. The maximum Gasteiger partial charge on any atom is 0.118 e. The highest BCUT2D eigenvalue weighted by molar-refractivity contribution is 5.49. The van der Waals surface area contributed by atoms with Crippen molar-refractivity contribution in [3.8, 4) is 5.75 Å². The molecule has 5 rings (SSSR count). The van der Waals surface area contributed by atoms with Crippen LogP contribution in [0.1, 0.15) is 54.5 Å². The summed E-state index contributed by atoms with van der Waals surface area (Å²) < 4.78 is 5.51. The van der Waals surface area contributed by atoms with Crippen LogP contribution in [0.4, 0.5) is 0 Å². The largest absolute Gasteiger partial charge is 0.497 e. The predicted octanol–water partition coefficient (Wildman–Crippen LogP) is 7.28. The number of hydrogen-bond donors (Lipinski definition) is 0. The Hall–Kier alpha value is -3.43. The van der Waals surface area contributed by atoms with Crippen molar-refractivity contribution in [1.29, 1.82) is 0 Å². The molecule has 0 amide bonds. The van der Waals surface area contributed by atoms with E-state index in [-0.39, 0.29) is 5.41 Å². The molecule has 2 unspecified atom stereocenters. The molecular weight excluding hydrogens is 452 g/mol. The van der Waals surface area contributed by atoms with Crippen LogP contribution in [0.5, 0.6) is 5.75 Å². The molecule has 2 heterocycles. The van der Waals surface area contributed by atoms with Crippen LogP contribution in [-0.2, 0) is 11.8 Å². The molecule has 4 aromatic rings. The monoisotopic (exact) mass is 490 g/mol. The van der Waals surface area contributed by atoms with Gasteiger partial charge in [0.05, 0.1) is 7.11 Å². The number of pyridine rings is 1. The second-order valence-corrected chi connectivity index (χ2v) is 10.1. The number of methoxy groups -OCH3 is 1. The van der Waals surface area contributed by atoms with Crippen molar-refractivity contribution in [2.75, 3.05) is 20.2 Å². The summed E-state index contributed by atoms with van der Waals surface area (Å²) in [5, 5.41) is 0. The lowest BCUT2D eigenvalue weighted by Gasteiger charge is -2.56. The number of benzene rings is 3. The van der Waals surface area contributed by atoms with Crippen molar-refractivity contribution >= 4 is 0 Å².